The lowest BCUT2D eigenvalue weighted by atomic mass is 10.2. The molecule has 0 radical (unpaired) electrons. The topological polar surface area (TPSA) is 48.2 Å². The van der Waals surface area contributed by atoms with Crippen molar-refractivity contribution in [1.82, 2.24) is 9.97 Å². The van der Waals surface area contributed by atoms with E-state index in [1.54, 1.807) is 0 Å². The summed E-state index contributed by atoms with van der Waals surface area (Å²) in [5, 5.41) is 0.969. The van der Waals surface area contributed by atoms with Crippen molar-refractivity contribution in [1.29, 1.82) is 0 Å². The van der Waals surface area contributed by atoms with E-state index in [0.717, 1.165) is 52.7 Å². The molecule has 4 nitrogen and oxygen atoms in total. The minimum Gasteiger partial charge on any atom is -0.493 e. The summed E-state index contributed by atoms with van der Waals surface area (Å²) in [7, 11) is 0. The van der Waals surface area contributed by atoms with Crippen LogP contribution in [0.15, 0.2) is 46.9 Å². The predicted octanol–water partition coefficient (Wildman–Crippen LogP) is 4.71. The fourth-order valence-corrected chi connectivity index (χ4v) is 2.54. The first-order valence-corrected chi connectivity index (χ1v) is 7.57. The van der Waals surface area contributed by atoms with Crippen molar-refractivity contribution in [3.05, 3.63) is 42.5 Å². The van der Waals surface area contributed by atoms with Crippen LogP contribution < -0.4 is 4.74 Å². The lowest BCUT2D eigenvalue weighted by Gasteiger charge is -2.04. The molecule has 0 amide bonds. The zero-order chi connectivity index (χ0) is 14.9. The van der Waals surface area contributed by atoms with Crippen molar-refractivity contribution < 1.29 is 9.15 Å². The third-order valence-electron chi connectivity index (χ3n) is 3.72. The van der Waals surface area contributed by atoms with Crippen LogP contribution in [0.1, 0.15) is 19.8 Å². The van der Waals surface area contributed by atoms with Crippen molar-refractivity contribution in [2.24, 2.45) is 0 Å². The van der Waals surface area contributed by atoms with Crippen molar-refractivity contribution in [2.75, 3.05) is 6.61 Å². The number of hydrogen-bond acceptors (Lipinski definition) is 4. The van der Waals surface area contributed by atoms with Crippen LogP contribution >= 0.6 is 0 Å². The van der Waals surface area contributed by atoms with Crippen LogP contribution in [0.4, 0.5) is 0 Å². The second-order valence-electron chi connectivity index (χ2n) is 5.33. The maximum absolute atomic E-state index is 5.85. The summed E-state index contributed by atoms with van der Waals surface area (Å²) >= 11 is 0. The number of furan rings is 1. The molecule has 2 aromatic carbocycles. The monoisotopic (exact) mass is 292 g/mol. The summed E-state index contributed by atoms with van der Waals surface area (Å²) in [4.78, 5) is 9.22. The zero-order valence-corrected chi connectivity index (χ0v) is 12.4. The number of unbranched alkanes of at least 4 members (excludes halogenated alkanes) is 1. The molecule has 0 bridgehead atoms. The molecule has 0 atom stereocenters. The molecular weight excluding hydrogens is 276 g/mol. The minimum absolute atomic E-state index is 0.569. The highest BCUT2D eigenvalue weighted by Gasteiger charge is 2.11. The second kappa shape index (κ2) is 5.30. The number of fused-ring (bicyclic) bond motifs is 4. The molecule has 0 saturated heterocycles. The molecule has 4 heteroatoms. The lowest BCUT2D eigenvalue weighted by molar-refractivity contribution is 0.309. The molecule has 2 heterocycles. The Morgan fingerprint density at radius 2 is 1.86 bits per heavy atom. The molecule has 0 fully saturated rings. The summed E-state index contributed by atoms with van der Waals surface area (Å²) in [5.74, 6) is 0.824. The highest BCUT2D eigenvalue weighted by atomic mass is 16.5. The van der Waals surface area contributed by atoms with Crippen LogP contribution in [0, 0.1) is 0 Å². The van der Waals surface area contributed by atoms with E-state index in [1.165, 1.54) is 0 Å². The van der Waals surface area contributed by atoms with Gasteiger partial charge in [-0.15, -0.1) is 0 Å². The van der Waals surface area contributed by atoms with Gasteiger partial charge in [0.1, 0.15) is 16.8 Å². The number of benzene rings is 2. The summed E-state index contributed by atoms with van der Waals surface area (Å²) in [5.41, 5.74) is 3.85. The average molecular weight is 292 g/mol. The Morgan fingerprint density at radius 3 is 2.68 bits per heavy atom. The van der Waals surface area contributed by atoms with E-state index < -0.39 is 0 Å². The first kappa shape index (κ1) is 13.1. The van der Waals surface area contributed by atoms with Crippen LogP contribution in [-0.2, 0) is 0 Å². The van der Waals surface area contributed by atoms with Crippen LogP contribution in [0.2, 0.25) is 0 Å². The molecule has 0 aliphatic rings. The first-order chi connectivity index (χ1) is 10.8. The molecule has 4 aromatic rings. The number of hydrogen-bond donors (Lipinski definition) is 0. The van der Waals surface area contributed by atoms with Gasteiger partial charge in [-0.3, -0.25) is 0 Å². The Labute approximate surface area is 127 Å². The third-order valence-corrected chi connectivity index (χ3v) is 3.72. The Kier molecular flexibility index (Phi) is 3.15. The van der Waals surface area contributed by atoms with Crippen molar-refractivity contribution in [3.8, 4) is 5.75 Å². The normalized spacial score (nSPS) is 11.5. The number of para-hydroxylation sites is 2. The highest BCUT2D eigenvalue weighted by Crippen LogP contribution is 2.30. The maximum atomic E-state index is 5.85. The molecule has 0 aliphatic carbocycles. The molecule has 0 saturated carbocycles. The van der Waals surface area contributed by atoms with Gasteiger partial charge in [0.15, 0.2) is 0 Å². The van der Waals surface area contributed by atoms with E-state index in [1.807, 2.05) is 42.5 Å². The molecule has 2 aromatic heterocycles. The molecule has 0 unspecified atom stereocenters. The summed E-state index contributed by atoms with van der Waals surface area (Å²) in [6, 6.07) is 13.7. The Balaban J connectivity index is 1.83. The fourth-order valence-electron chi connectivity index (χ4n) is 2.54. The van der Waals surface area contributed by atoms with E-state index in [4.69, 9.17) is 9.15 Å². The SMILES string of the molecule is CCCCOc1ccc2c(c1)oc1nc3ccccc3nc12. The van der Waals surface area contributed by atoms with Crippen LogP contribution in [0.5, 0.6) is 5.75 Å². The van der Waals surface area contributed by atoms with Gasteiger partial charge in [-0.25, -0.2) is 9.97 Å². The summed E-state index contributed by atoms with van der Waals surface area (Å²) in [6.07, 6.45) is 2.17. The molecule has 4 rings (SSSR count). The van der Waals surface area contributed by atoms with Gasteiger partial charge in [-0.05, 0) is 30.7 Å². The van der Waals surface area contributed by atoms with E-state index >= 15 is 0 Å². The van der Waals surface area contributed by atoms with E-state index in [2.05, 4.69) is 16.9 Å². The van der Waals surface area contributed by atoms with E-state index in [-0.39, 0.29) is 0 Å². The fraction of sp³-hybridized carbons (Fsp3) is 0.222. The van der Waals surface area contributed by atoms with Crippen LogP contribution in [0.25, 0.3) is 33.2 Å². The highest BCUT2D eigenvalue weighted by molar-refractivity contribution is 6.03. The Bertz CT molecular complexity index is 959. The number of ether oxygens (including phenoxy) is 1. The maximum Gasteiger partial charge on any atom is 0.246 e. The van der Waals surface area contributed by atoms with Gasteiger partial charge < -0.3 is 9.15 Å². The molecule has 0 aliphatic heterocycles. The van der Waals surface area contributed by atoms with Crippen LogP contribution in [0.3, 0.4) is 0 Å². The molecule has 0 spiro atoms. The van der Waals surface area contributed by atoms with Gasteiger partial charge in [0, 0.05) is 11.5 Å². The van der Waals surface area contributed by atoms with Gasteiger partial charge in [-0.2, -0.15) is 0 Å². The Hall–Kier alpha value is -2.62. The average Bonchev–Trinajstić information content (AvgIpc) is 2.89. The number of nitrogens with zero attached hydrogens (tertiary/aromatic N) is 2. The number of rotatable bonds is 4. The van der Waals surface area contributed by atoms with Gasteiger partial charge in [0.05, 0.1) is 17.6 Å². The third kappa shape index (κ3) is 2.17. The van der Waals surface area contributed by atoms with Crippen molar-refractivity contribution >= 4 is 33.2 Å². The van der Waals surface area contributed by atoms with Crippen molar-refractivity contribution in [2.45, 2.75) is 19.8 Å². The largest absolute Gasteiger partial charge is 0.493 e. The molecule has 0 N–H and O–H groups in total. The quantitative estimate of drug-likeness (QED) is 0.511. The molecular formula is C18H16N2O2. The summed E-state index contributed by atoms with van der Waals surface area (Å²) in [6.45, 7) is 2.87. The van der Waals surface area contributed by atoms with Gasteiger partial charge >= 0.3 is 0 Å². The summed E-state index contributed by atoms with van der Waals surface area (Å²) < 4.78 is 11.6. The molecule has 22 heavy (non-hydrogen) atoms. The van der Waals surface area contributed by atoms with Crippen molar-refractivity contribution in [3.63, 3.8) is 0 Å². The Morgan fingerprint density at radius 1 is 1.05 bits per heavy atom. The zero-order valence-electron chi connectivity index (χ0n) is 12.4. The van der Waals surface area contributed by atoms with Gasteiger partial charge in [0.25, 0.3) is 0 Å². The van der Waals surface area contributed by atoms with E-state index in [0.29, 0.717) is 5.71 Å². The lowest BCUT2D eigenvalue weighted by Crippen LogP contribution is -1.95. The van der Waals surface area contributed by atoms with E-state index in [9.17, 15) is 0 Å². The number of aromatic nitrogens is 2. The van der Waals surface area contributed by atoms with Gasteiger partial charge in [0.2, 0.25) is 5.71 Å². The smallest absolute Gasteiger partial charge is 0.246 e. The second-order valence-corrected chi connectivity index (χ2v) is 5.33. The van der Waals surface area contributed by atoms with Crippen LogP contribution in [-0.4, -0.2) is 16.6 Å². The first-order valence-electron chi connectivity index (χ1n) is 7.57. The minimum atomic E-state index is 0.569. The standard InChI is InChI=1S/C18H16N2O2/c1-2-3-10-21-12-8-9-13-16(11-12)22-18-17(13)19-14-6-4-5-7-15(14)20-18/h4-9,11H,2-3,10H2,1H3. The van der Waals surface area contributed by atoms with Gasteiger partial charge in [-0.1, -0.05) is 25.5 Å². The molecule has 110 valence electrons. The predicted molar refractivity (Wildman–Crippen MR) is 87.2 cm³/mol.